The summed E-state index contributed by atoms with van der Waals surface area (Å²) in [6.07, 6.45) is 0. The van der Waals surface area contributed by atoms with E-state index in [1.165, 1.54) is 0 Å². The number of likely N-dealkylation sites (tertiary alicyclic amines) is 1. The molecule has 3 rings (SSSR count). The fourth-order valence-electron chi connectivity index (χ4n) is 4.57. The molecule has 0 saturated carbocycles. The zero-order chi connectivity index (χ0) is 22.5. The van der Waals surface area contributed by atoms with E-state index in [1.807, 2.05) is 51.1 Å². The molecule has 2 saturated heterocycles. The number of ether oxygens (including phenoxy) is 2. The number of nitrogens with zero attached hydrogens (tertiary/aromatic N) is 2. The molecule has 8 heteroatoms. The SMILES string of the molecule is CCOC(=O)C1C(C)C(C(=O)NC(C)C)N(C(=O)N2CCOCC2)C1c1ccccc1. The van der Waals surface area contributed by atoms with Crippen LogP contribution in [0, 0.1) is 11.8 Å². The molecule has 31 heavy (non-hydrogen) atoms. The number of hydrogen-bond donors (Lipinski definition) is 1. The first-order valence-electron chi connectivity index (χ1n) is 11.0. The maximum absolute atomic E-state index is 13.7. The number of rotatable bonds is 5. The summed E-state index contributed by atoms with van der Waals surface area (Å²) in [6.45, 7) is 9.42. The fourth-order valence-corrected chi connectivity index (χ4v) is 4.57. The number of benzene rings is 1. The third-order valence-electron chi connectivity index (χ3n) is 5.91. The van der Waals surface area contributed by atoms with E-state index < -0.39 is 23.9 Å². The molecule has 0 bridgehead atoms. The van der Waals surface area contributed by atoms with Gasteiger partial charge in [0.05, 0.1) is 31.8 Å². The van der Waals surface area contributed by atoms with Gasteiger partial charge in [-0.3, -0.25) is 9.59 Å². The van der Waals surface area contributed by atoms with E-state index in [-0.39, 0.29) is 30.6 Å². The van der Waals surface area contributed by atoms with Gasteiger partial charge in [-0.05, 0) is 26.3 Å². The van der Waals surface area contributed by atoms with Crippen molar-refractivity contribution >= 4 is 17.9 Å². The molecule has 3 amide bonds. The number of carbonyl (C=O) groups is 3. The average molecular weight is 432 g/mol. The molecule has 170 valence electrons. The molecule has 2 aliphatic rings. The van der Waals surface area contributed by atoms with Gasteiger partial charge in [-0.25, -0.2) is 4.79 Å². The second-order valence-corrected chi connectivity index (χ2v) is 8.39. The Morgan fingerprint density at radius 3 is 2.39 bits per heavy atom. The Balaban J connectivity index is 2.08. The van der Waals surface area contributed by atoms with Gasteiger partial charge in [0.2, 0.25) is 5.91 Å². The van der Waals surface area contributed by atoms with Crippen LogP contribution in [0.15, 0.2) is 30.3 Å². The van der Waals surface area contributed by atoms with Crippen LogP contribution in [-0.2, 0) is 19.1 Å². The Hall–Kier alpha value is -2.61. The molecule has 0 radical (unpaired) electrons. The molecule has 2 heterocycles. The van der Waals surface area contributed by atoms with Crippen LogP contribution >= 0.6 is 0 Å². The van der Waals surface area contributed by atoms with E-state index in [9.17, 15) is 14.4 Å². The third kappa shape index (κ3) is 4.84. The number of esters is 1. The van der Waals surface area contributed by atoms with E-state index in [4.69, 9.17) is 9.47 Å². The maximum Gasteiger partial charge on any atom is 0.321 e. The van der Waals surface area contributed by atoms with Crippen molar-refractivity contribution in [1.29, 1.82) is 0 Å². The Morgan fingerprint density at radius 2 is 1.81 bits per heavy atom. The predicted molar refractivity (Wildman–Crippen MR) is 115 cm³/mol. The molecule has 4 atom stereocenters. The number of carbonyl (C=O) groups excluding carboxylic acids is 3. The number of hydrogen-bond acceptors (Lipinski definition) is 5. The van der Waals surface area contributed by atoms with Crippen molar-refractivity contribution < 1.29 is 23.9 Å². The highest BCUT2D eigenvalue weighted by molar-refractivity contribution is 5.91. The third-order valence-corrected chi connectivity index (χ3v) is 5.91. The van der Waals surface area contributed by atoms with Crippen LogP contribution in [0.1, 0.15) is 39.3 Å². The second kappa shape index (κ2) is 10.1. The van der Waals surface area contributed by atoms with Crippen LogP contribution in [0.3, 0.4) is 0 Å². The van der Waals surface area contributed by atoms with Crippen LogP contribution in [0.4, 0.5) is 4.79 Å². The van der Waals surface area contributed by atoms with E-state index in [1.54, 1.807) is 16.7 Å². The maximum atomic E-state index is 13.7. The molecular formula is C23H33N3O5. The standard InChI is InChI=1S/C23H33N3O5/c1-5-31-22(28)18-16(4)19(21(27)24-15(2)3)26(20(18)17-9-7-6-8-10-17)23(29)25-11-13-30-14-12-25/h6-10,15-16,18-20H,5,11-14H2,1-4H3,(H,24,27). The Kier molecular flexibility index (Phi) is 7.54. The van der Waals surface area contributed by atoms with Crippen molar-refractivity contribution in [1.82, 2.24) is 15.1 Å². The average Bonchev–Trinajstić information content (AvgIpc) is 3.07. The summed E-state index contributed by atoms with van der Waals surface area (Å²) in [5.74, 6) is -1.69. The van der Waals surface area contributed by atoms with Crippen molar-refractivity contribution in [2.45, 2.75) is 45.8 Å². The minimum Gasteiger partial charge on any atom is -0.466 e. The Morgan fingerprint density at radius 1 is 1.16 bits per heavy atom. The highest BCUT2D eigenvalue weighted by Crippen LogP contribution is 2.46. The minimum atomic E-state index is -0.780. The van der Waals surface area contributed by atoms with Crippen molar-refractivity contribution in [2.75, 3.05) is 32.9 Å². The van der Waals surface area contributed by atoms with Crippen LogP contribution in [-0.4, -0.2) is 72.7 Å². The van der Waals surface area contributed by atoms with Crippen molar-refractivity contribution in [3.63, 3.8) is 0 Å². The topological polar surface area (TPSA) is 88.2 Å². The molecule has 1 aromatic carbocycles. The van der Waals surface area contributed by atoms with E-state index in [0.717, 1.165) is 5.56 Å². The van der Waals surface area contributed by atoms with Gasteiger partial charge in [0.15, 0.2) is 0 Å². The zero-order valence-corrected chi connectivity index (χ0v) is 18.7. The van der Waals surface area contributed by atoms with Gasteiger partial charge in [-0.1, -0.05) is 37.3 Å². The quantitative estimate of drug-likeness (QED) is 0.722. The number of nitrogens with one attached hydrogen (secondary N) is 1. The van der Waals surface area contributed by atoms with Gasteiger partial charge in [0.1, 0.15) is 6.04 Å². The molecule has 2 aliphatic heterocycles. The second-order valence-electron chi connectivity index (χ2n) is 8.39. The first kappa shape index (κ1) is 23.1. The summed E-state index contributed by atoms with van der Waals surface area (Å²) < 4.78 is 10.8. The molecule has 1 aromatic rings. The molecule has 0 spiro atoms. The molecule has 2 fully saturated rings. The smallest absolute Gasteiger partial charge is 0.321 e. The predicted octanol–water partition coefficient (Wildman–Crippen LogP) is 2.20. The highest BCUT2D eigenvalue weighted by atomic mass is 16.5. The lowest BCUT2D eigenvalue weighted by molar-refractivity contribution is -0.150. The van der Waals surface area contributed by atoms with E-state index >= 15 is 0 Å². The van der Waals surface area contributed by atoms with Gasteiger partial charge < -0.3 is 24.6 Å². The van der Waals surface area contributed by atoms with Crippen molar-refractivity contribution in [3.8, 4) is 0 Å². The van der Waals surface area contributed by atoms with Crippen molar-refractivity contribution in [3.05, 3.63) is 35.9 Å². The minimum absolute atomic E-state index is 0.0862. The molecule has 4 unspecified atom stereocenters. The Labute approximate surface area is 183 Å². The van der Waals surface area contributed by atoms with Crippen LogP contribution in [0.2, 0.25) is 0 Å². The summed E-state index contributed by atoms with van der Waals surface area (Å²) in [5, 5.41) is 2.94. The lowest BCUT2D eigenvalue weighted by Gasteiger charge is -2.37. The lowest BCUT2D eigenvalue weighted by Crippen LogP contribution is -2.55. The molecule has 8 nitrogen and oxygen atoms in total. The summed E-state index contributed by atoms with van der Waals surface area (Å²) in [4.78, 5) is 43.3. The van der Waals surface area contributed by atoms with E-state index in [0.29, 0.717) is 26.3 Å². The van der Waals surface area contributed by atoms with Crippen molar-refractivity contribution in [2.24, 2.45) is 11.8 Å². The first-order chi connectivity index (χ1) is 14.9. The van der Waals surface area contributed by atoms with Gasteiger partial charge in [-0.2, -0.15) is 0 Å². The largest absolute Gasteiger partial charge is 0.466 e. The summed E-state index contributed by atoms with van der Waals surface area (Å²) >= 11 is 0. The summed E-state index contributed by atoms with van der Waals surface area (Å²) in [5.41, 5.74) is 0.814. The summed E-state index contributed by atoms with van der Waals surface area (Å²) in [6, 6.07) is 7.72. The number of morpholine rings is 1. The van der Waals surface area contributed by atoms with Crippen LogP contribution in [0.25, 0.3) is 0 Å². The molecule has 0 aliphatic carbocycles. The van der Waals surface area contributed by atoms with E-state index in [2.05, 4.69) is 5.32 Å². The highest BCUT2D eigenvalue weighted by Gasteiger charge is 2.56. The first-order valence-corrected chi connectivity index (χ1v) is 11.0. The monoisotopic (exact) mass is 431 g/mol. The number of urea groups is 1. The van der Waals surface area contributed by atoms with Gasteiger partial charge in [0.25, 0.3) is 0 Å². The molecule has 0 aromatic heterocycles. The van der Waals surface area contributed by atoms with Gasteiger partial charge >= 0.3 is 12.0 Å². The number of amides is 3. The molecular weight excluding hydrogens is 398 g/mol. The molecule has 1 N–H and O–H groups in total. The van der Waals surface area contributed by atoms with Gasteiger partial charge in [-0.15, -0.1) is 0 Å². The zero-order valence-electron chi connectivity index (χ0n) is 18.7. The van der Waals surface area contributed by atoms with Crippen LogP contribution < -0.4 is 5.32 Å². The fraction of sp³-hybridized carbons (Fsp3) is 0.609. The van der Waals surface area contributed by atoms with Gasteiger partial charge in [0, 0.05) is 25.0 Å². The Bertz CT molecular complexity index is 779. The van der Waals surface area contributed by atoms with Crippen LogP contribution in [0.5, 0.6) is 0 Å². The summed E-state index contributed by atoms with van der Waals surface area (Å²) in [7, 11) is 0. The normalized spacial score (nSPS) is 26.1. The lowest BCUT2D eigenvalue weighted by atomic mass is 9.85.